The molecule has 0 aliphatic rings. The molecule has 15 heavy (non-hydrogen) atoms. The van der Waals surface area contributed by atoms with E-state index in [-0.39, 0.29) is 0 Å². The van der Waals surface area contributed by atoms with Gasteiger partial charge in [0.25, 0.3) is 0 Å². The highest BCUT2D eigenvalue weighted by Gasteiger charge is 1.96. The number of rotatable bonds is 5. The Morgan fingerprint density at radius 1 is 1.27 bits per heavy atom. The normalized spacial score (nSPS) is 13.3. The Bertz CT molecular complexity index is 315. The maximum atomic E-state index is 3.37. The summed E-state index contributed by atoms with van der Waals surface area (Å²) in [6.07, 6.45) is 5.53. The molecule has 0 bridgehead atoms. The van der Waals surface area contributed by atoms with Crippen LogP contribution in [0.1, 0.15) is 31.9 Å². The minimum absolute atomic E-state index is 0.444. The predicted octanol–water partition coefficient (Wildman–Crippen LogP) is 3.26. The zero-order valence-electron chi connectivity index (χ0n) is 9.96. The third-order valence-corrected chi connectivity index (χ3v) is 2.53. The van der Waals surface area contributed by atoms with Gasteiger partial charge < -0.3 is 5.32 Å². The molecule has 0 heterocycles. The number of likely N-dealkylation sites (N-methyl/N-ethyl adjacent to an activating group) is 1. The lowest BCUT2D eigenvalue weighted by Crippen LogP contribution is -2.22. The number of benzene rings is 1. The van der Waals surface area contributed by atoms with Crippen molar-refractivity contribution in [3.8, 4) is 0 Å². The second-order valence-electron chi connectivity index (χ2n) is 3.76. The quantitative estimate of drug-likeness (QED) is 0.774. The van der Waals surface area contributed by atoms with E-state index in [9.17, 15) is 0 Å². The minimum Gasteiger partial charge on any atom is -0.311 e. The molecule has 0 radical (unpaired) electrons. The van der Waals surface area contributed by atoms with E-state index in [1.54, 1.807) is 0 Å². The Morgan fingerprint density at radius 2 is 2.00 bits per heavy atom. The molecule has 1 rings (SSSR count). The molecular formula is C14H21N. The van der Waals surface area contributed by atoms with Crippen molar-refractivity contribution in [2.75, 3.05) is 6.54 Å². The Balaban J connectivity index is 2.70. The van der Waals surface area contributed by atoms with Crippen LogP contribution in [0, 0.1) is 0 Å². The van der Waals surface area contributed by atoms with E-state index in [2.05, 4.69) is 62.5 Å². The molecule has 1 unspecified atom stereocenters. The topological polar surface area (TPSA) is 12.0 Å². The molecule has 0 saturated carbocycles. The molecule has 1 atom stereocenters. The first-order valence-electron chi connectivity index (χ1n) is 5.77. The summed E-state index contributed by atoms with van der Waals surface area (Å²) >= 11 is 0. The summed E-state index contributed by atoms with van der Waals surface area (Å²) < 4.78 is 0. The van der Waals surface area contributed by atoms with Crippen molar-refractivity contribution in [2.45, 2.75) is 33.2 Å². The van der Waals surface area contributed by atoms with Crippen LogP contribution in [-0.2, 0) is 6.42 Å². The zero-order valence-corrected chi connectivity index (χ0v) is 9.96. The Labute approximate surface area is 93.2 Å². The molecular weight excluding hydrogens is 182 g/mol. The van der Waals surface area contributed by atoms with Crippen molar-refractivity contribution in [3.63, 3.8) is 0 Å². The highest BCUT2D eigenvalue weighted by Crippen LogP contribution is 2.11. The van der Waals surface area contributed by atoms with E-state index in [0.717, 1.165) is 13.0 Å². The second-order valence-corrected chi connectivity index (χ2v) is 3.76. The summed E-state index contributed by atoms with van der Waals surface area (Å²) in [7, 11) is 0. The fourth-order valence-electron chi connectivity index (χ4n) is 1.66. The third-order valence-electron chi connectivity index (χ3n) is 2.53. The van der Waals surface area contributed by atoms with Gasteiger partial charge in [0, 0.05) is 6.04 Å². The monoisotopic (exact) mass is 203 g/mol. The smallest absolute Gasteiger partial charge is 0.0224 e. The van der Waals surface area contributed by atoms with E-state index >= 15 is 0 Å². The lowest BCUT2D eigenvalue weighted by atomic mass is 10.0. The lowest BCUT2D eigenvalue weighted by molar-refractivity contribution is 0.663. The first-order chi connectivity index (χ1) is 7.27. The maximum absolute atomic E-state index is 3.37. The van der Waals surface area contributed by atoms with Gasteiger partial charge in [0.05, 0.1) is 0 Å². The first kappa shape index (κ1) is 12.0. The van der Waals surface area contributed by atoms with Gasteiger partial charge in [0.2, 0.25) is 0 Å². The number of hydrogen-bond acceptors (Lipinski definition) is 1. The van der Waals surface area contributed by atoms with E-state index in [1.807, 2.05) is 0 Å². The molecule has 0 aromatic heterocycles. The average Bonchev–Trinajstić information content (AvgIpc) is 2.27. The van der Waals surface area contributed by atoms with Gasteiger partial charge in [0.1, 0.15) is 0 Å². The van der Waals surface area contributed by atoms with Crippen molar-refractivity contribution < 1.29 is 0 Å². The molecule has 0 aliphatic carbocycles. The zero-order chi connectivity index (χ0) is 11.1. The molecule has 0 saturated heterocycles. The number of nitrogens with one attached hydrogen (secondary N) is 1. The van der Waals surface area contributed by atoms with Gasteiger partial charge in [-0.1, -0.05) is 50.3 Å². The molecule has 1 nitrogen and oxygen atoms in total. The van der Waals surface area contributed by atoms with Gasteiger partial charge in [-0.3, -0.25) is 0 Å². The Kier molecular flexibility index (Phi) is 5.13. The molecule has 1 aromatic rings. The molecule has 0 fully saturated rings. The van der Waals surface area contributed by atoms with Crippen LogP contribution in [0.3, 0.4) is 0 Å². The van der Waals surface area contributed by atoms with Gasteiger partial charge in [-0.2, -0.15) is 0 Å². The summed E-state index contributed by atoms with van der Waals surface area (Å²) in [5.74, 6) is 0. The van der Waals surface area contributed by atoms with Gasteiger partial charge in [-0.25, -0.2) is 0 Å². The highest BCUT2D eigenvalue weighted by molar-refractivity contribution is 5.54. The van der Waals surface area contributed by atoms with Crippen LogP contribution in [0.15, 0.2) is 30.3 Å². The van der Waals surface area contributed by atoms with Crippen LogP contribution in [0.2, 0.25) is 0 Å². The predicted molar refractivity (Wildman–Crippen MR) is 68.0 cm³/mol. The van der Waals surface area contributed by atoms with Crippen molar-refractivity contribution in [1.82, 2.24) is 5.32 Å². The molecule has 0 amide bonds. The average molecular weight is 203 g/mol. The van der Waals surface area contributed by atoms with Crippen molar-refractivity contribution >= 4 is 6.08 Å². The highest BCUT2D eigenvalue weighted by atomic mass is 14.9. The van der Waals surface area contributed by atoms with Crippen molar-refractivity contribution in [1.29, 1.82) is 0 Å². The summed E-state index contributed by atoms with van der Waals surface area (Å²) in [6.45, 7) is 7.51. The second kappa shape index (κ2) is 6.41. The molecule has 1 N–H and O–H groups in total. The molecule has 1 aromatic carbocycles. The maximum Gasteiger partial charge on any atom is 0.0224 e. The fourth-order valence-corrected chi connectivity index (χ4v) is 1.66. The largest absolute Gasteiger partial charge is 0.311 e. The van der Waals surface area contributed by atoms with Crippen molar-refractivity contribution in [2.24, 2.45) is 0 Å². The van der Waals surface area contributed by atoms with Gasteiger partial charge in [-0.05, 0) is 31.0 Å². The minimum atomic E-state index is 0.444. The molecule has 0 aliphatic heterocycles. The van der Waals surface area contributed by atoms with Gasteiger partial charge in [-0.15, -0.1) is 0 Å². The number of aryl methyl sites for hydroxylation is 1. The molecule has 82 valence electrons. The molecule has 0 spiro atoms. The van der Waals surface area contributed by atoms with Crippen LogP contribution >= 0.6 is 0 Å². The molecule has 1 heteroatoms. The van der Waals surface area contributed by atoms with E-state index in [0.29, 0.717) is 6.04 Å². The SMILES string of the molecule is CCNC(C)/C=C/c1ccccc1CC. The summed E-state index contributed by atoms with van der Waals surface area (Å²) in [6, 6.07) is 9.01. The van der Waals surface area contributed by atoms with E-state index in [1.165, 1.54) is 11.1 Å². The van der Waals surface area contributed by atoms with Gasteiger partial charge >= 0.3 is 0 Å². The Hall–Kier alpha value is -1.08. The standard InChI is InChI=1S/C14H21N/c1-4-13-8-6-7-9-14(13)11-10-12(3)15-5-2/h6-12,15H,4-5H2,1-3H3/b11-10+. The van der Waals surface area contributed by atoms with Crippen LogP contribution < -0.4 is 5.32 Å². The van der Waals surface area contributed by atoms with E-state index < -0.39 is 0 Å². The van der Waals surface area contributed by atoms with E-state index in [4.69, 9.17) is 0 Å². The lowest BCUT2D eigenvalue weighted by Gasteiger charge is -2.07. The summed E-state index contributed by atoms with van der Waals surface area (Å²) in [5.41, 5.74) is 2.75. The summed E-state index contributed by atoms with van der Waals surface area (Å²) in [5, 5.41) is 3.37. The van der Waals surface area contributed by atoms with Crippen LogP contribution in [-0.4, -0.2) is 12.6 Å². The summed E-state index contributed by atoms with van der Waals surface area (Å²) in [4.78, 5) is 0. The fraction of sp³-hybridized carbons (Fsp3) is 0.429. The van der Waals surface area contributed by atoms with Gasteiger partial charge in [0.15, 0.2) is 0 Å². The third kappa shape index (κ3) is 3.88. The van der Waals surface area contributed by atoms with Crippen LogP contribution in [0.25, 0.3) is 6.08 Å². The number of hydrogen-bond donors (Lipinski definition) is 1. The Morgan fingerprint density at radius 3 is 2.67 bits per heavy atom. The van der Waals surface area contributed by atoms with Crippen LogP contribution in [0.4, 0.5) is 0 Å². The van der Waals surface area contributed by atoms with Crippen molar-refractivity contribution in [3.05, 3.63) is 41.5 Å². The van der Waals surface area contributed by atoms with Crippen LogP contribution in [0.5, 0.6) is 0 Å². The first-order valence-corrected chi connectivity index (χ1v) is 5.77.